The molecule has 4 aromatic rings. The van der Waals surface area contributed by atoms with Crippen molar-refractivity contribution in [3.8, 4) is 11.5 Å². The molecule has 1 N–H and O–H groups in total. The van der Waals surface area contributed by atoms with Crippen LogP contribution in [0.4, 0.5) is 29.1 Å². The maximum absolute atomic E-state index is 14.3. The molecule has 1 unspecified atom stereocenters. The lowest BCUT2D eigenvalue weighted by Gasteiger charge is -2.27. The number of hydroxylamine groups is 1. The van der Waals surface area contributed by atoms with Gasteiger partial charge in [-0.1, -0.05) is 48.5 Å². The number of carbonyl (C=O) groups is 1. The molecular formula is C28H21F4N3O4. The molecule has 0 saturated heterocycles. The minimum Gasteiger partial charge on any atom is -0.489 e. The number of hydrogen-bond acceptors (Lipinski definition) is 7. The van der Waals surface area contributed by atoms with Gasteiger partial charge in [-0.25, -0.2) is 14.2 Å². The van der Waals surface area contributed by atoms with Crippen LogP contribution in [0, 0.1) is 5.82 Å². The minimum atomic E-state index is -5.23. The van der Waals surface area contributed by atoms with Gasteiger partial charge in [-0.15, -0.1) is 0 Å². The molecule has 0 amide bonds. The van der Waals surface area contributed by atoms with E-state index in [4.69, 9.17) is 14.3 Å². The molecule has 0 aliphatic carbocycles. The van der Waals surface area contributed by atoms with Crippen molar-refractivity contribution in [1.82, 2.24) is 4.98 Å². The fourth-order valence-electron chi connectivity index (χ4n) is 3.93. The lowest BCUT2D eigenvalue weighted by molar-refractivity contribution is -0.201. The van der Waals surface area contributed by atoms with E-state index >= 15 is 0 Å². The van der Waals surface area contributed by atoms with E-state index in [1.807, 2.05) is 30.3 Å². The predicted molar refractivity (Wildman–Crippen MR) is 133 cm³/mol. The first-order chi connectivity index (χ1) is 18.8. The van der Waals surface area contributed by atoms with E-state index in [1.54, 1.807) is 36.4 Å². The van der Waals surface area contributed by atoms with Crippen molar-refractivity contribution in [3.63, 3.8) is 0 Å². The molecule has 3 aromatic carbocycles. The van der Waals surface area contributed by atoms with Gasteiger partial charge >= 0.3 is 12.1 Å². The average Bonchev–Trinajstić information content (AvgIpc) is 3.29. The third-order valence-electron chi connectivity index (χ3n) is 5.81. The number of rotatable bonds is 8. The average molecular weight is 539 g/mol. The molecule has 39 heavy (non-hydrogen) atoms. The SMILES string of the molecule is O=C(ON1c2cccnc2NC1c1ccc(OCc2ccccc2)cc1OCc1ccccc1F)C(F)(F)F. The number of anilines is 2. The summed E-state index contributed by atoms with van der Waals surface area (Å²) in [6, 6.07) is 23.1. The molecule has 1 aromatic heterocycles. The predicted octanol–water partition coefficient (Wildman–Crippen LogP) is 6.33. The molecule has 0 bridgehead atoms. The zero-order valence-electron chi connectivity index (χ0n) is 20.2. The second kappa shape index (κ2) is 10.9. The van der Waals surface area contributed by atoms with Gasteiger partial charge in [0.2, 0.25) is 0 Å². The van der Waals surface area contributed by atoms with Crippen molar-refractivity contribution < 1.29 is 36.7 Å². The smallest absolute Gasteiger partial charge is 0.489 e. The normalized spacial score (nSPS) is 14.4. The van der Waals surface area contributed by atoms with Crippen LogP contribution in [0.1, 0.15) is 22.9 Å². The number of nitrogens with one attached hydrogen (secondary N) is 1. The van der Waals surface area contributed by atoms with E-state index in [9.17, 15) is 22.4 Å². The second-order valence-corrected chi connectivity index (χ2v) is 8.47. The molecule has 1 aliphatic rings. The number of nitrogens with zero attached hydrogens (tertiary/aromatic N) is 2. The molecule has 0 radical (unpaired) electrons. The van der Waals surface area contributed by atoms with Gasteiger partial charge in [0.15, 0.2) is 12.0 Å². The maximum atomic E-state index is 14.3. The first kappa shape index (κ1) is 25.8. The highest BCUT2D eigenvalue weighted by Gasteiger charge is 2.46. The van der Waals surface area contributed by atoms with Crippen LogP contribution in [0.3, 0.4) is 0 Å². The van der Waals surface area contributed by atoms with Gasteiger partial charge < -0.3 is 19.6 Å². The summed E-state index contributed by atoms with van der Waals surface area (Å²) in [5, 5.41) is 3.75. The van der Waals surface area contributed by atoms with Crippen LogP contribution < -0.4 is 19.9 Å². The van der Waals surface area contributed by atoms with Crippen molar-refractivity contribution in [2.45, 2.75) is 25.6 Å². The number of carbonyl (C=O) groups excluding carboxylic acids is 1. The Kier molecular flexibility index (Phi) is 7.22. The molecule has 11 heteroatoms. The van der Waals surface area contributed by atoms with E-state index in [2.05, 4.69) is 10.3 Å². The number of benzene rings is 3. The molecular weight excluding hydrogens is 518 g/mol. The molecule has 0 saturated carbocycles. The first-order valence-electron chi connectivity index (χ1n) is 11.8. The van der Waals surface area contributed by atoms with Crippen LogP contribution in [0.15, 0.2) is 91.1 Å². The first-order valence-corrected chi connectivity index (χ1v) is 11.8. The topological polar surface area (TPSA) is 72.9 Å². The standard InChI is InChI=1S/C28H21F4N3O4/c29-22-10-5-4-9-19(22)17-38-24-15-20(37-16-18-7-2-1-3-8-18)12-13-21(24)26-34-25-23(11-6-14-33-25)35(26)39-27(36)28(30,31)32/h1-15,26H,16-17H2,(H,33,34). The summed E-state index contributed by atoms with van der Waals surface area (Å²) in [4.78, 5) is 20.7. The lowest BCUT2D eigenvalue weighted by atomic mass is 10.1. The molecule has 1 atom stereocenters. The van der Waals surface area contributed by atoms with Crippen LogP contribution in [0.2, 0.25) is 0 Å². The molecule has 7 nitrogen and oxygen atoms in total. The van der Waals surface area contributed by atoms with E-state index in [0.29, 0.717) is 11.3 Å². The van der Waals surface area contributed by atoms with E-state index < -0.39 is 24.1 Å². The van der Waals surface area contributed by atoms with E-state index in [0.717, 1.165) is 10.6 Å². The van der Waals surface area contributed by atoms with Crippen LogP contribution in [-0.2, 0) is 22.8 Å². The molecule has 0 spiro atoms. The maximum Gasteiger partial charge on any atom is 0.493 e. The largest absolute Gasteiger partial charge is 0.493 e. The number of ether oxygens (including phenoxy) is 2. The Morgan fingerprint density at radius 2 is 1.69 bits per heavy atom. The van der Waals surface area contributed by atoms with Gasteiger partial charge in [0.1, 0.15) is 36.2 Å². The Morgan fingerprint density at radius 3 is 2.46 bits per heavy atom. The third kappa shape index (κ3) is 5.87. The Hall–Kier alpha value is -4.80. The molecule has 5 rings (SSSR count). The van der Waals surface area contributed by atoms with E-state index in [-0.39, 0.29) is 36.0 Å². The highest BCUT2D eigenvalue weighted by Crippen LogP contribution is 2.44. The van der Waals surface area contributed by atoms with Gasteiger partial charge in [0, 0.05) is 23.4 Å². The molecule has 0 fully saturated rings. The fraction of sp³-hybridized carbons (Fsp3) is 0.143. The Morgan fingerprint density at radius 1 is 0.923 bits per heavy atom. The fourth-order valence-corrected chi connectivity index (χ4v) is 3.93. The monoisotopic (exact) mass is 539 g/mol. The van der Waals surface area contributed by atoms with E-state index in [1.165, 1.54) is 24.4 Å². The Labute approximate surface area is 220 Å². The summed E-state index contributed by atoms with van der Waals surface area (Å²) >= 11 is 0. The van der Waals surface area contributed by atoms with Crippen LogP contribution >= 0.6 is 0 Å². The third-order valence-corrected chi connectivity index (χ3v) is 5.81. The molecule has 1 aliphatic heterocycles. The van der Waals surface area contributed by atoms with Gasteiger partial charge in [0.25, 0.3) is 0 Å². The molecule has 200 valence electrons. The lowest BCUT2D eigenvalue weighted by Crippen LogP contribution is -2.37. The highest BCUT2D eigenvalue weighted by atomic mass is 19.4. The summed E-state index contributed by atoms with van der Waals surface area (Å²) in [5.41, 5.74) is 1.60. The highest BCUT2D eigenvalue weighted by molar-refractivity contribution is 5.80. The van der Waals surface area contributed by atoms with Gasteiger partial charge in [0.05, 0.1) is 0 Å². The zero-order chi connectivity index (χ0) is 27.4. The van der Waals surface area contributed by atoms with Crippen molar-refractivity contribution in [2.24, 2.45) is 0 Å². The number of alkyl halides is 3. The zero-order valence-corrected chi connectivity index (χ0v) is 20.2. The number of hydrogen-bond donors (Lipinski definition) is 1. The summed E-state index contributed by atoms with van der Waals surface area (Å²) in [6.45, 7) is 0.0708. The second-order valence-electron chi connectivity index (χ2n) is 8.47. The molecule has 2 heterocycles. The minimum absolute atomic E-state index is 0.115. The Bertz CT molecular complexity index is 1470. The number of halogens is 4. The Balaban J connectivity index is 1.48. The van der Waals surface area contributed by atoms with Crippen molar-refractivity contribution in [2.75, 3.05) is 10.4 Å². The van der Waals surface area contributed by atoms with Gasteiger partial charge in [-0.3, -0.25) is 0 Å². The van der Waals surface area contributed by atoms with Crippen molar-refractivity contribution in [3.05, 3.63) is 114 Å². The van der Waals surface area contributed by atoms with Crippen LogP contribution in [-0.4, -0.2) is 17.1 Å². The number of pyridine rings is 1. The van der Waals surface area contributed by atoms with Crippen LogP contribution in [0.25, 0.3) is 0 Å². The summed E-state index contributed by atoms with van der Waals surface area (Å²) < 4.78 is 65.4. The van der Waals surface area contributed by atoms with Crippen molar-refractivity contribution >= 4 is 17.5 Å². The van der Waals surface area contributed by atoms with Gasteiger partial charge in [-0.05, 0) is 35.9 Å². The van der Waals surface area contributed by atoms with Crippen LogP contribution in [0.5, 0.6) is 11.5 Å². The summed E-state index contributed by atoms with van der Waals surface area (Å²) in [5.74, 6) is -2.11. The number of fused-ring (bicyclic) bond motifs is 1. The quantitative estimate of drug-likeness (QED) is 0.262. The number of aromatic nitrogens is 1. The van der Waals surface area contributed by atoms with Gasteiger partial charge in [-0.2, -0.15) is 18.2 Å². The van der Waals surface area contributed by atoms with Crippen molar-refractivity contribution in [1.29, 1.82) is 0 Å². The summed E-state index contributed by atoms with van der Waals surface area (Å²) in [6.07, 6.45) is -4.93. The summed E-state index contributed by atoms with van der Waals surface area (Å²) in [7, 11) is 0.